The molecular weight excluding hydrogens is 341 g/mol. The van der Waals surface area contributed by atoms with Crippen LogP contribution in [-0.4, -0.2) is 32.2 Å². The minimum absolute atomic E-state index is 0.459. The molecule has 20 heavy (non-hydrogen) atoms. The molecule has 1 fully saturated rings. The summed E-state index contributed by atoms with van der Waals surface area (Å²) in [6.07, 6.45) is 5.53. The first-order valence-electron chi connectivity index (χ1n) is 6.43. The van der Waals surface area contributed by atoms with Crippen LogP contribution in [0.1, 0.15) is 31.1 Å². The van der Waals surface area contributed by atoms with Gasteiger partial charge in [0.2, 0.25) is 0 Å². The molecule has 4 nitrogen and oxygen atoms in total. The lowest BCUT2D eigenvalue weighted by atomic mass is 10.0. The molecule has 112 valence electrons. The predicted molar refractivity (Wildman–Crippen MR) is 84.8 cm³/mol. The topological polar surface area (TPSA) is 45.2 Å². The first-order chi connectivity index (χ1) is 9.36. The van der Waals surface area contributed by atoms with Crippen LogP contribution in [0.3, 0.4) is 0 Å². The number of carbonyl (C=O) groups excluding carboxylic acids is 1. The van der Waals surface area contributed by atoms with Crippen LogP contribution >= 0.6 is 46.1 Å². The summed E-state index contributed by atoms with van der Waals surface area (Å²) < 4.78 is -1.97. The molecule has 0 radical (unpaired) electrons. The number of thiazole rings is 1. The van der Waals surface area contributed by atoms with Gasteiger partial charge in [-0.05, 0) is 26.3 Å². The molecule has 0 spiro atoms. The number of likely N-dealkylation sites (tertiary alicyclic amines) is 1. The summed E-state index contributed by atoms with van der Waals surface area (Å²) in [6, 6.07) is 0.588. The molecule has 0 saturated carbocycles. The van der Waals surface area contributed by atoms with Crippen LogP contribution in [-0.2, 0) is 11.3 Å². The summed E-state index contributed by atoms with van der Waals surface area (Å²) in [5, 5.41) is 2.96. The quantitative estimate of drug-likeness (QED) is 0.837. The van der Waals surface area contributed by atoms with E-state index in [2.05, 4.69) is 22.1 Å². The van der Waals surface area contributed by atoms with Crippen LogP contribution in [0.2, 0.25) is 0 Å². The summed E-state index contributed by atoms with van der Waals surface area (Å²) in [6.45, 7) is 4.20. The van der Waals surface area contributed by atoms with Crippen molar-refractivity contribution < 1.29 is 4.79 Å². The van der Waals surface area contributed by atoms with Gasteiger partial charge in [-0.15, -0.1) is 11.3 Å². The Labute approximate surface area is 137 Å². The SMILES string of the molecule is CC1CCCCN1Cc1cnc(NC(=O)C(Cl)(Cl)Cl)s1. The molecule has 1 aliphatic rings. The van der Waals surface area contributed by atoms with Crippen molar-refractivity contribution in [2.45, 2.75) is 42.6 Å². The van der Waals surface area contributed by atoms with Gasteiger partial charge in [0.25, 0.3) is 9.70 Å². The fraction of sp³-hybridized carbons (Fsp3) is 0.667. The number of nitrogens with zero attached hydrogens (tertiary/aromatic N) is 2. The number of alkyl halides is 3. The Bertz CT molecular complexity index is 475. The molecule has 8 heteroatoms. The smallest absolute Gasteiger partial charge is 0.278 e. The van der Waals surface area contributed by atoms with Gasteiger partial charge in [-0.2, -0.15) is 0 Å². The second-order valence-electron chi connectivity index (χ2n) is 4.90. The number of halogens is 3. The zero-order valence-electron chi connectivity index (χ0n) is 11.0. The van der Waals surface area contributed by atoms with E-state index in [1.54, 1.807) is 6.20 Å². The van der Waals surface area contributed by atoms with E-state index in [4.69, 9.17) is 34.8 Å². The van der Waals surface area contributed by atoms with E-state index >= 15 is 0 Å². The fourth-order valence-corrected chi connectivity index (χ4v) is 3.17. The Hall–Kier alpha value is -0.0700. The molecule has 0 bridgehead atoms. The third kappa shape index (κ3) is 4.46. The molecule has 0 aromatic carbocycles. The first-order valence-corrected chi connectivity index (χ1v) is 8.38. The van der Waals surface area contributed by atoms with Crippen molar-refractivity contribution in [3.63, 3.8) is 0 Å². The number of hydrogen-bond acceptors (Lipinski definition) is 4. The van der Waals surface area contributed by atoms with E-state index in [1.165, 1.54) is 30.6 Å². The van der Waals surface area contributed by atoms with Gasteiger partial charge in [0.05, 0.1) is 0 Å². The van der Waals surface area contributed by atoms with E-state index in [1.807, 2.05) is 0 Å². The Morgan fingerprint density at radius 1 is 1.55 bits per heavy atom. The van der Waals surface area contributed by atoms with Crippen LogP contribution < -0.4 is 5.32 Å². The lowest BCUT2D eigenvalue weighted by Gasteiger charge is -2.32. The van der Waals surface area contributed by atoms with Crippen molar-refractivity contribution in [1.82, 2.24) is 9.88 Å². The molecule has 2 rings (SSSR count). The van der Waals surface area contributed by atoms with Crippen molar-refractivity contribution in [3.8, 4) is 0 Å². The van der Waals surface area contributed by atoms with E-state index in [-0.39, 0.29) is 0 Å². The van der Waals surface area contributed by atoms with Gasteiger partial charge in [-0.25, -0.2) is 4.98 Å². The zero-order chi connectivity index (χ0) is 14.8. The molecule has 2 heterocycles. The molecule has 0 aliphatic carbocycles. The van der Waals surface area contributed by atoms with Crippen LogP contribution in [0.15, 0.2) is 6.20 Å². The third-order valence-corrected chi connectivity index (χ3v) is 4.74. The van der Waals surface area contributed by atoms with Crippen molar-refractivity contribution in [3.05, 3.63) is 11.1 Å². The number of piperidine rings is 1. The first kappa shape index (κ1) is 16.3. The number of anilines is 1. The van der Waals surface area contributed by atoms with Gasteiger partial charge < -0.3 is 0 Å². The second kappa shape index (κ2) is 6.79. The number of aromatic nitrogens is 1. The lowest BCUT2D eigenvalue weighted by Crippen LogP contribution is -2.36. The molecule has 1 aromatic heterocycles. The van der Waals surface area contributed by atoms with E-state index < -0.39 is 9.70 Å². The minimum Gasteiger partial charge on any atom is -0.298 e. The summed E-state index contributed by atoms with van der Waals surface area (Å²) in [7, 11) is 0. The molecule has 1 aromatic rings. The van der Waals surface area contributed by atoms with Gasteiger partial charge in [0, 0.05) is 23.7 Å². The number of amides is 1. The maximum Gasteiger partial charge on any atom is 0.278 e. The van der Waals surface area contributed by atoms with Crippen molar-refractivity contribution in [2.24, 2.45) is 0 Å². The minimum atomic E-state index is -1.97. The maximum atomic E-state index is 11.5. The van der Waals surface area contributed by atoms with E-state index in [0.717, 1.165) is 18.0 Å². The summed E-state index contributed by atoms with van der Waals surface area (Å²) in [4.78, 5) is 19.2. The largest absolute Gasteiger partial charge is 0.298 e. The monoisotopic (exact) mass is 355 g/mol. The molecule has 1 atom stereocenters. The second-order valence-corrected chi connectivity index (χ2v) is 8.30. The number of hydrogen-bond donors (Lipinski definition) is 1. The van der Waals surface area contributed by atoms with Gasteiger partial charge in [0.1, 0.15) is 0 Å². The highest BCUT2D eigenvalue weighted by atomic mass is 35.6. The van der Waals surface area contributed by atoms with Gasteiger partial charge in [-0.1, -0.05) is 41.2 Å². The third-order valence-electron chi connectivity index (χ3n) is 3.33. The molecular formula is C12H16Cl3N3OS. The van der Waals surface area contributed by atoms with Crippen LogP contribution in [0, 0.1) is 0 Å². The molecule has 1 amide bonds. The maximum absolute atomic E-state index is 11.5. The van der Waals surface area contributed by atoms with Crippen molar-refractivity contribution >= 4 is 57.2 Å². The molecule has 1 aliphatic heterocycles. The lowest BCUT2D eigenvalue weighted by molar-refractivity contribution is -0.115. The Morgan fingerprint density at radius 2 is 2.30 bits per heavy atom. The summed E-state index contributed by atoms with van der Waals surface area (Å²) in [5.74, 6) is -0.685. The normalized spacial score (nSPS) is 20.9. The van der Waals surface area contributed by atoms with E-state index in [9.17, 15) is 4.79 Å². The average molecular weight is 357 g/mol. The van der Waals surface area contributed by atoms with Gasteiger partial charge >= 0.3 is 0 Å². The molecule has 1 unspecified atom stereocenters. The number of carbonyl (C=O) groups is 1. The average Bonchev–Trinajstić information content (AvgIpc) is 2.78. The predicted octanol–water partition coefficient (Wildman–Crippen LogP) is 3.83. The Kier molecular flexibility index (Phi) is 5.54. The fourth-order valence-electron chi connectivity index (χ4n) is 2.20. The number of rotatable bonds is 3. The van der Waals surface area contributed by atoms with E-state index in [0.29, 0.717) is 11.2 Å². The Morgan fingerprint density at radius 3 is 2.95 bits per heavy atom. The molecule has 1 N–H and O–H groups in total. The van der Waals surface area contributed by atoms with Gasteiger partial charge in [-0.3, -0.25) is 15.0 Å². The van der Waals surface area contributed by atoms with Crippen LogP contribution in [0.5, 0.6) is 0 Å². The summed E-state index contributed by atoms with van der Waals surface area (Å²) >= 11 is 17.9. The highest BCUT2D eigenvalue weighted by Crippen LogP contribution is 2.29. The highest BCUT2D eigenvalue weighted by molar-refractivity contribution is 7.15. The van der Waals surface area contributed by atoms with Crippen LogP contribution in [0.25, 0.3) is 0 Å². The molecule has 1 saturated heterocycles. The standard InChI is InChI=1S/C12H16Cl3N3OS/c1-8-4-2-3-5-18(8)7-9-6-16-11(20-9)17-10(19)12(13,14)15/h6,8H,2-5,7H2,1H3,(H,16,17,19). The summed E-state index contributed by atoms with van der Waals surface area (Å²) in [5.41, 5.74) is 0. The van der Waals surface area contributed by atoms with Crippen LogP contribution in [0.4, 0.5) is 5.13 Å². The zero-order valence-corrected chi connectivity index (χ0v) is 14.1. The highest BCUT2D eigenvalue weighted by Gasteiger charge is 2.31. The van der Waals surface area contributed by atoms with Crippen molar-refractivity contribution in [2.75, 3.05) is 11.9 Å². The number of nitrogens with one attached hydrogen (secondary N) is 1. The Balaban J connectivity index is 1.93. The van der Waals surface area contributed by atoms with Crippen molar-refractivity contribution in [1.29, 1.82) is 0 Å². The van der Waals surface area contributed by atoms with Gasteiger partial charge in [0.15, 0.2) is 5.13 Å².